The van der Waals surface area contributed by atoms with E-state index in [4.69, 9.17) is 33.3 Å². The standard InChI is InChI=1S/C13H12Cl2N2O/c1-6-11(10-4-9(5-16)18-17-10)7(2)13(15)8(3)12(6)14/h9H,4H2,1-3H3. The molecular weight excluding hydrogens is 271 g/mol. The van der Waals surface area contributed by atoms with Gasteiger partial charge in [0.2, 0.25) is 6.10 Å². The van der Waals surface area contributed by atoms with Crippen LogP contribution in [-0.4, -0.2) is 11.8 Å². The van der Waals surface area contributed by atoms with Crippen molar-refractivity contribution >= 4 is 28.9 Å². The SMILES string of the molecule is Cc1c(Cl)c(C)c(C2=NOC(C#N)C2)c(C)c1Cl. The molecule has 1 aliphatic rings. The van der Waals surface area contributed by atoms with Gasteiger partial charge in [0.05, 0.1) is 5.71 Å². The lowest BCUT2D eigenvalue weighted by Gasteiger charge is -2.15. The van der Waals surface area contributed by atoms with Gasteiger partial charge >= 0.3 is 0 Å². The summed E-state index contributed by atoms with van der Waals surface area (Å²) in [5.41, 5.74) is 4.36. The first-order chi connectivity index (χ1) is 8.47. The van der Waals surface area contributed by atoms with Crippen LogP contribution in [-0.2, 0) is 4.84 Å². The number of nitrogens with zero attached hydrogens (tertiary/aromatic N) is 2. The lowest BCUT2D eigenvalue weighted by Crippen LogP contribution is -2.09. The Morgan fingerprint density at radius 1 is 1.17 bits per heavy atom. The summed E-state index contributed by atoms with van der Waals surface area (Å²) in [5.74, 6) is 0. The molecule has 1 unspecified atom stereocenters. The second-order valence-electron chi connectivity index (χ2n) is 4.34. The molecule has 1 aliphatic heterocycles. The Morgan fingerprint density at radius 3 is 2.17 bits per heavy atom. The minimum atomic E-state index is -0.516. The summed E-state index contributed by atoms with van der Waals surface area (Å²) in [6, 6.07) is 2.04. The van der Waals surface area contributed by atoms with E-state index in [9.17, 15) is 0 Å². The summed E-state index contributed by atoms with van der Waals surface area (Å²) in [6.07, 6.45) is -0.0499. The molecule has 0 fully saturated rings. The van der Waals surface area contributed by atoms with Gasteiger partial charge in [-0.1, -0.05) is 28.4 Å². The molecule has 1 heterocycles. The van der Waals surface area contributed by atoms with Gasteiger partial charge in [0.1, 0.15) is 6.07 Å². The van der Waals surface area contributed by atoms with E-state index in [0.717, 1.165) is 28.0 Å². The van der Waals surface area contributed by atoms with Crippen LogP contribution < -0.4 is 0 Å². The van der Waals surface area contributed by atoms with Gasteiger partial charge < -0.3 is 4.84 Å². The summed E-state index contributed by atoms with van der Waals surface area (Å²) < 4.78 is 0. The zero-order valence-corrected chi connectivity index (χ0v) is 11.9. The third kappa shape index (κ3) is 1.96. The van der Waals surface area contributed by atoms with E-state index in [1.807, 2.05) is 26.8 Å². The van der Waals surface area contributed by atoms with Gasteiger partial charge in [0, 0.05) is 22.0 Å². The smallest absolute Gasteiger partial charge is 0.218 e. The number of benzene rings is 1. The van der Waals surface area contributed by atoms with Crippen molar-refractivity contribution in [2.24, 2.45) is 5.16 Å². The predicted molar refractivity (Wildman–Crippen MR) is 72.3 cm³/mol. The Morgan fingerprint density at radius 2 is 1.72 bits per heavy atom. The van der Waals surface area contributed by atoms with Crippen LogP contribution in [0.2, 0.25) is 10.0 Å². The van der Waals surface area contributed by atoms with Crippen molar-refractivity contribution in [1.82, 2.24) is 0 Å². The number of oxime groups is 1. The van der Waals surface area contributed by atoms with Gasteiger partial charge in [-0.2, -0.15) is 5.26 Å². The van der Waals surface area contributed by atoms with Crippen LogP contribution in [0.4, 0.5) is 0 Å². The minimum Gasteiger partial charge on any atom is -0.376 e. The molecule has 5 heteroatoms. The van der Waals surface area contributed by atoms with Crippen molar-refractivity contribution in [3.05, 3.63) is 32.3 Å². The van der Waals surface area contributed by atoms with Crippen LogP contribution in [0.5, 0.6) is 0 Å². The Bertz CT molecular complexity index is 559. The maximum atomic E-state index is 8.82. The first kappa shape index (κ1) is 13.2. The zero-order chi connectivity index (χ0) is 13.4. The molecule has 1 atom stereocenters. The Kier molecular flexibility index (Phi) is 3.52. The predicted octanol–water partition coefficient (Wildman–Crippen LogP) is 3.94. The zero-order valence-electron chi connectivity index (χ0n) is 10.3. The first-order valence-corrected chi connectivity index (χ1v) is 6.30. The lowest BCUT2D eigenvalue weighted by atomic mass is 9.93. The molecule has 0 spiro atoms. The highest BCUT2D eigenvalue weighted by Gasteiger charge is 2.26. The highest BCUT2D eigenvalue weighted by molar-refractivity contribution is 6.37. The second-order valence-corrected chi connectivity index (χ2v) is 5.10. The number of hydrogen-bond donors (Lipinski definition) is 0. The molecule has 1 aromatic rings. The van der Waals surface area contributed by atoms with E-state index < -0.39 is 6.10 Å². The normalized spacial score (nSPS) is 18.2. The number of rotatable bonds is 1. The van der Waals surface area contributed by atoms with Crippen LogP contribution in [0.1, 0.15) is 28.7 Å². The highest BCUT2D eigenvalue weighted by atomic mass is 35.5. The van der Waals surface area contributed by atoms with E-state index in [2.05, 4.69) is 5.16 Å². The number of halogens is 2. The molecule has 94 valence electrons. The van der Waals surface area contributed by atoms with Gasteiger partial charge in [-0.15, -0.1) is 0 Å². The third-order valence-electron chi connectivity index (χ3n) is 3.17. The van der Waals surface area contributed by atoms with Crippen LogP contribution >= 0.6 is 23.2 Å². The average Bonchev–Trinajstić information content (AvgIpc) is 2.83. The molecule has 0 aliphatic carbocycles. The molecule has 18 heavy (non-hydrogen) atoms. The molecule has 0 aromatic heterocycles. The molecule has 0 radical (unpaired) electrons. The van der Waals surface area contributed by atoms with Crippen LogP contribution in [0.15, 0.2) is 5.16 Å². The topological polar surface area (TPSA) is 45.4 Å². The molecule has 0 amide bonds. The summed E-state index contributed by atoms with van der Waals surface area (Å²) >= 11 is 12.5. The first-order valence-electron chi connectivity index (χ1n) is 5.54. The monoisotopic (exact) mass is 282 g/mol. The lowest BCUT2D eigenvalue weighted by molar-refractivity contribution is 0.125. The van der Waals surface area contributed by atoms with Gasteiger partial charge in [0.25, 0.3) is 0 Å². The fraction of sp³-hybridized carbons (Fsp3) is 0.385. The molecule has 0 saturated heterocycles. The van der Waals surface area contributed by atoms with Crippen molar-refractivity contribution in [3.63, 3.8) is 0 Å². The van der Waals surface area contributed by atoms with Gasteiger partial charge in [-0.05, 0) is 37.5 Å². The molecule has 3 nitrogen and oxygen atoms in total. The molecule has 0 N–H and O–H groups in total. The van der Waals surface area contributed by atoms with Crippen molar-refractivity contribution in [2.45, 2.75) is 33.3 Å². The largest absolute Gasteiger partial charge is 0.376 e. The summed E-state index contributed by atoms with van der Waals surface area (Å²) in [7, 11) is 0. The highest BCUT2D eigenvalue weighted by Crippen LogP contribution is 2.35. The van der Waals surface area contributed by atoms with Crippen molar-refractivity contribution < 1.29 is 4.84 Å². The molecule has 0 bridgehead atoms. The van der Waals surface area contributed by atoms with Crippen LogP contribution in [0, 0.1) is 32.1 Å². The van der Waals surface area contributed by atoms with Crippen molar-refractivity contribution in [3.8, 4) is 6.07 Å². The number of nitriles is 1. The van der Waals surface area contributed by atoms with E-state index in [1.165, 1.54) is 0 Å². The number of hydrogen-bond acceptors (Lipinski definition) is 3. The van der Waals surface area contributed by atoms with Gasteiger partial charge in [-0.3, -0.25) is 0 Å². The summed E-state index contributed by atoms with van der Waals surface area (Å²) in [4.78, 5) is 5.03. The Labute approximate surface area is 116 Å². The maximum absolute atomic E-state index is 8.82. The molecule has 1 aromatic carbocycles. The van der Waals surface area contributed by atoms with Gasteiger partial charge in [0.15, 0.2) is 0 Å². The molecular formula is C13H12Cl2N2O. The second kappa shape index (κ2) is 4.79. The fourth-order valence-corrected chi connectivity index (χ4v) is 2.61. The Balaban J connectivity index is 2.57. The van der Waals surface area contributed by atoms with Crippen molar-refractivity contribution in [1.29, 1.82) is 5.26 Å². The molecule has 0 saturated carbocycles. The Hall–Kier alpha value is -1.24. The summed E-state index contributed by atoms with van der Waals surface area (Å²) in [5, 5.41) is 14.1. The fourth-order valence-electron chi connectivity index (χ4n) is 2.19. The molecule has 2 rings (SSSR count). The van der Waals surface area contributed by atoms with E-state index in [-0.39, 0.29) is 0 Å². The minimum absolute atomic E-state index is 0.466. The van der Waals surface area contributed by atoms with E-state index >= 15 is 0 Å². The van der Waals surface area contributed by atoms with E-state index in [1.54, 1.807) is 0 Å². The average molecular weight is 283 g/mol. The van der Waals surface area contributed by atoms with E-state index in [0.29, 0.717) is 16.5 Å². The summed E-state index contributed by atoms with van der Waals surface area (Å²) in [6.45, 7) is 5.74. The van der Waals surface area contributed by atoms with Crippen molar-refractivity contribution in [2.75, 3.05) is 0 Å². The van der Waals surface area contributed by atoms with Crippen LogP contribution in [0.25, 0.3) is 0 Å². The third-order valence-corrected chi connectivity index (χ3v) is 4.30. The van der Waals surface area contributed by atoms with Crippen LogP contribution in [0.3, 0.4) is 0 Å². The van der Waals surface area contributed by atoms with Gasteiger partial charge in [-0.25, -0.2) is 0 Å². The quantitative estimate of drug-likeness (QED) is 0.783. The maximum Gasteiger partial charge on any atom is 0.218 e.